The molecule has 0 spiro atoms. The Morgan fingerprint density at radius 1 is 1.00 bits per heavy atom. The first-order valence-electron chi connectivity index (χ1n) is 7.43. The van der Waals surface area contributed by atoms with Crippen molar-refractivity contribution in [3.63, 3.8) is 0 Å². The Hall–Kier alpha value is -0.780. The van der Waals surface area contributed by atoms with E-state index in [0.717, 1.165) is 11.8 Å². The lowest BCUT2D eigenvalue weighted by molar-refractivity contribution is 0.307. The second-order valence-electron chi connectivity index (χ2n) is 5.56. The van der Waals surface area contributed by atoms with Crippen molar-refractivity contribution >= 4 is 0 Å². The lowest BCUT2D eigenvalue weighted by Gasteiger charge is -2.29. The third kappa shape index (κ3) is 3.12. The van der Waals surface area contributed by atoms with Gasteiger partial charge in [0.2, 0.25) is 0 Å². The number of benzene rings is 1. The molecule has 1 fully saturated rings. The van der Waals surface area contributed by atoms with E-state index in [1.54, 1.807) is 11.1 Å². The fourth-order valence-electron chi connectivity index (χ4n) is 3.42. The van der Waals surface area contributed by atoms with Crippen molar-refractivity contribution in [2.45, 2.75) is 64.7 Å². The van der Waals surface area contributed by atoms with Crippen molar-refractivity contribution in [3.8, 4) is 0 Å². The molecule has 0 heteroatoms. The average Bonchev–Trinajstić information content (AvgIpc) is 2.40. The lowest BCUT2D eigenvalue weighted by Crippen LogP contribution is -2.14. The molecular weight excluding hydrogens is 204 g/mol. The Balaban J connectivity index is 2.00. The predicted octanol–water partition coefficient (Wildman–Crippen LogP) is 5.32. The second kappa shape index (κ2) is 6.23. The molecule has 17 heavy (non-hydrogen) atoms. The van der Waals surface area contributed by atoms with Gasteiger partial charge in [-0.2, -0.15) is 0 Å². The van der Waals surface area contributed by atoms with Crippen LogP contribution in [0.3, 0.4) is 0 Å². The highest BCUT2D eigenvalue weighted by Crippen LogP contribution is 2.38. The Morgan fingerprint density at radius 2 is 1.71 bits per heavy atom. The second-order valence-corrected chi connectivity index (χ2v) is 5.56. The summed E-state index contributed by atoms with van der Waals surface area (Å²) < 4.78 is 0. The van der Waals surface area contributed by atoms with E-state index in [0.29, 0.717) is 0 Å². The molecule has 94 valence electrons. The van der Waals surface area contributed by atoms with Crippen LogP contribution in [0.5, 0.6) is 0 Å². The minimum atomic E-state index is 0.847. The summed E-state index contributed by atoms with van der Waals surface area (Å²) in [5, 5.41) is 0. The molecule has 0 nitrogen and oxygen atoms in total. The van der Waals surface area contributed by atoms with Crippen molar-refractivity contribution in [1.82, 2.24) is 0 Å². The molecule has 2 rings (SSSR count). The molecule has 0 aromatic heterocycles. The van der Waals surface area contributed by atoms with Gasteiger partial charge in [-0.1, -0.05) is 51.0 Å². The van der Waals surface area contributed by atoms with E-state index >= 15 is 0 Å². The molecule has 0 amide bonds. The van der Waals surface area contributed by atoms with Gasteiger partial charge in [-0.25, -0.2) is 0 Å². The fraction of sp³-hybridized carbons (Fsp3) is 0.647. The molecular formula is C17H26. The van der Waals surface area contributed by atoms with Gasteiger partial charge in [0.25, 0.3) is 0 Å². The first kappa shape index (κ1) is 12.7. The first-order valence-corrected chi connectivity index (χ1v) is 7.43. The van der Waals surface area contributed by atoms with Gasteiger partial charge in [-0.15, -0.1) is 0 Å². The summed E-state index contributed by atoms with van der Waals surface area (Å²) >= 11 is 0. The standard InChI is InChI=1S/C17H26/c1-3-7-14-10-12-16(13-11-14)17-9-6-5-8-15(17)4-2/h5-6,8-9,14,16H,3-4,7,10-13H2,1-2H3/t14-,16-. The molecule has 0 aliphatic heterocycles. The largest absolute Gasteiger partial charge is 0.0654 e. The zero-order valence-corrected chi connectivity index (χ0v) is 11.4. The molecule has 0 N–H and O–H groups in total. The molecule has 1 saturated carbocycles. The Morgan fingerprint density at radius 3 is 2.35 bits per heavy atom. The molecule has 0 radical (unpaired) electrons. The molecule has 0 heterocycles. The van der Waals surface area contributed by atoms with Crippen LogP contribution in [-0.2, 0) is 6.42 Å². The number of rotatable bonds is 4. The fourth-order valence-corrected chi connectivity index (χ4v) is 3.42. The first-order chi connectivity index (χ1) is 8.35. The van der Waals surface area contributed by atoms with Crippen molar-refractivity contribution in [2.24, 2.45) is 5.92 Å². The van der Waals surface area contributed by atoms with Gasteiger partial charge in [-0.05, 0) is 55.1 Å². The van der Waals surface area contributed by atoms with Crippen LogP contribution in [0.25, 0.3) is 0 Å². The van der Waals surface area contributed by atoms with E-state index in [9.17, 15) is 0 Å². The van der Waals surface area contributed by atoms with Crippen LogP contribution in [0, 0.1) is 5.92 Å². The van der Waals surface area contributed by atoms with Gasteiger partial charge in [0.05, 0.1) is 0 Å². The van der Waals surface area contributed by atoms with Crippen LogP contribution in [0.1, 0.15) is 69.4 Å². The highest BCUT2D eigenvalue weighted by molar-refractivity contribution is 5.30. The third-order valence-corrected chi connectivity index (χ3v) is 4.42. The molecule has 1 aromatic carbocycles. The Kier molecular flexibility index (Phi) is 4.65. The highest BCUT2D eigenvalue weighted by atomic mass is 14.3. The molecule has 1 aromatic rings. The minimum Gasteiger partial charge on any atom is -0.0654 e. The lowest BCUT2D eigenvalue weighted by atomic mass is 9.76. The van der Waals surface area contributed by atoms with Crippen molar-refractivity contribution in [3.05, 3.63) is 35.4 Å². The molecule has 1 aliphatic rings. The topological polar surface area (TPSA) is 0 Å². The third-order valence-electron chi connectivity index (χ3n) is 4.42. The van der Waals surface area contributed by atoms with Crippen LogP contribution < -0.4 is 0 Å². The summed E-state index contributed by atoms with van der Waals surface area (Å²) in [7, 11) is 0. The van der Waals surface area contributed by atoms with E-state index in [4.69, 9.17) is 0 Å². The molecule has 0 bridgehead atoms. The minimum absolute atomic E-state index is 0.847. The van der Waals surface area contributed by atoms with E-state index < -0.39 is 0 Å². The summed E-state index contributed by atoms with van der Waals surface area (Å²) in [6.45, 7) is 4.60. The van der Waals surface area contributed by atoms with Gasteiger partial charge in [0.1, 0.15) is 0 Å². The Labute approximate surface area is 106 Å². The smallest absolute Gasteiger partial charge is 0.0159 e. The SMILES string of the molecule is CCC[C@H]1CC[C@H](c2ccccc2CC)CC1. The quantitative estimate of drug-likeness (QED) is 0.656. The van der Waals surface area contributed by atoms with Gasteiger partial charge in [-0.3, -0.25) is 0 Å². The summed E-state index contributed by atoms with van der Waals surface area (Å²) in [4.78, 5) is 0. The van der Waals surface area contributed by atoms with E-state index in [1.165, 1.54) is 44.9 Å². The molecule has 0 atom stereocenters. The maximum Gasteiger partial charge on any atom is -0.0159 e. The van der Waals surface area contributed by atoms with Crippen LogP contribution in [0.15, 0.2) is 24.3 Å². The molecule has 0 saturated heterocycles. The maximum absolute atomic E-state index is 2.36. The highest BCUT2D eigenvalue weighted by Gasteiger charge is 2.22. The van der Waals surface area contributed by atoms with E-state index in [-0.39, 0.29) is 0 Å². The van der Waals surface area contributed by atoms with Crippen molar-refractivity contribution in [2.75, 3.05) is 0 Å². The van der Waals surface area contributed by atoms with Crippen LogP contribution in [0.2, 0.25) is 0 Å². The van der Waals surface area contributed by atoms with Crippen LogP contribution in [0.4, 0.5) is 0 Å². The summed E-state index contributed by atoms with van der Waals surface area (Å²) in [6, 6.07) is 9.08. The summed E-state index contributed by atoms with van der Waals surface area (Å²) in [5.41, 5.74) is 3.22. The molecule has 0 unspecified atom stereocenters. The van der Waals surface area contributed by atoms with E-state index in [1.807, 2.05) is 0 Å². The summed E-state index contributed by atoms with van der Waals surface area (Å²) in [6.07, 6.45) is 9.74. The number of aryl methyl sites for hydroxylation is 1. The number of hydrogen-bond acceptors (Lipinski definition) is 0. The average molecular weight is 230 g/mol. The number of hydrogen-bond donors (Lipinski definition) is 0. The summed E-state index contributed by atoms with van der Waals surface area (Å²) in [5.74, 6) is 1.87. The van der Waals surface area contributed by atoms with Gasteiger partial charge < -0.3 is 0 Å². The monoisotopic (exact) mass is 230 g/mol. The van der Waals surface area contributed by atoms with Gasteiger partial charge >= 0.3 is 0 Å². The van der Waals surface area contributed by atoms with Crippen molar-refractivity contribution in [1.29, 1.82) is 0 Å². The van der Waals surface area contributed by atoms with Gasteiger partial charge in [0, 0.05) is 0 Å². The van der Waals surface area contributed by atoms with Crippen LogP contribution in [-0.4, -0.2) is 0 Å². The maximum atomic E-state index is 2.36. The zero-order valence-electron chi connectivity index (χ0n) is 11.4. The van der Waals surface area contributed by atoms with E-state index in [2.05, 4.69) is 38.1 Å². The van der Waals surface area contributed by atoms with Crippen LogP contribution >= 0.6 is 0 Å². The van der Waals surface area contributed by atoms with Crippen molar-refractivity contribution < 1.29 is 0 Å². The van der Waals surface area contributed by atoms with Gasteiger partial charge in [0.15, 0.2) is 0 Å². The zero-order chi connectivity index (χ0) is 12.1. The normalized spacial score (nSPS) is 24.8. The molecule has 1 aliphatic carbocycles. The Bertz CT molecular complexity index is 332. The predicted molar refractivity (Wildman–Crippen MR) is 75.4 cm³/mol.